The second-order valence-electron chi connectivity index (χ2n) is 4.28. The number of amides is 1. The number of amidine groups is 1. The van der Waals surface area contributed by atoms with Crippen LogP contribution in [0, 0.1) is 30.6 Å². The molecular formula is C13H16N6O. The van der Waals surface area contributed by atoms with Crippen molar-refractivity contribution in [2.75, 3.05) is 10.7 Å². The molecule has 0 aliphatic rings. The molecule has 7 heteroatoms. The van der Waals surface area contributed by atoms with E-state index in [-0.39, 0.29) is 11.6 Å². The van der Waals surface area contributed by atoms with Gasteiger partial charge in [-0.2, -0.15) is 10.4 Å². The van der Waals surface area contributed by atoms with Gasteiger partial charge in [-0.25, -0.2) is 0 Å². The van der Waals surface area contributed by atoms with E-state index < -0.39 is 5.84 Å². The Kier molecular flexibility index (Phi) is 4.81. The zero-order valence-corrected chi connectivity index (χ0v) is 11.5. The smallest absolute Gasteiger partial charge is 0.221 e. The summed E-state index contributed by atoms with van der Waals surface area (Å²) in [4.78, 5) is 11.2. The summed E-state index contributed by atoms with van der Waals surface area (Å²) in [5, 5.41) is 22.4. The number of nitrogens with two attached hydrogens (primary N) is 1. The Labute approximate surface area is 117 Å². The molecule has 5 N–H and O–H groups in total. The van der Waals surface area contributed by atoms with E-state index in [2.05, 4.69) is 15.8 Å². The van der Waals surface area contributed by atoms with Crippen LogP contribution >= 0.6 is 0 Å². The van der Waals surface area contributed by atoms with Crippen molar-refractivity contribution in [2.24, 2.45) is 10.8 Å². The summed E-state index contributed by atoms with van der Waals surface area (Å²) in [6.45, 7) is 5.15. The second kappa shape index (κ2) is 6.33. The third-order valence-electron chi connectivity index (χ3n) is 2.43. The van der Waals surface area contributed by atoms with Crippen molar-refractivity contribution in [1.82, 2.24) is 0 Å². The summed E-state index contributed by atoms with van der Waals surface area (Å²) in [5.41, 5.74) is 10.6. The Hall–Kier alpha value is -2.88. The molecule has 0 aromatic heterocycles. The van der Waals surface area contributed by atoms with Gasteiger partial charge >= 0.3 is 0 Å². The predicted molar refractivity (Wildman–Crippen MR) is 78.8 cm³/mol. The van der Waals surface area contributed by atoms with Gasteiger partial charge in [0.2, 0.25) is 11.6 Å². The van der Waals surface area contributed by atoms with Crippen LogP contribution in [-0.4, -0.2) is 17.5 Å². The third-order valence-corrected chi connectivity index (χ3v) is 2.43. The SMILES string of the molecule is CC(=O)Nc1c(C)cc(C)cc1N/N=C(\C#N)C(=N)N. The molecule has 1 aromatic rings. The Bertz CT molecular complexity index is 626. The maximum Gasteiger partial charge on any atom is 0.221 e. The number of benzene rings is 1. The number of nitrogens with zero attached hydrogens (tertiary/aromatic N) is 2. The van der Waals surface area contributed by atoms with Gasteiger partial charge in [0.15, 0.2) is 5.84 Å². The Balaban J connectivity index is 3.20. The van der Waals surface area contributed by atoms with E-state index in [0.717, 1.165) is 11.1 Å². The highest BCUT2D eigenvalue weighted by Crippen LogP contribution is 2.27. The molecule has 1 rings (SSSR count). The lowest BCUT2D eigenvalue weighted by atomic mass is 10.1. The van der Waals surface area contributed by atoms with Crippen LogP contribution in [0.4, 0.5) is 11.4 Å². The van der Waals surface area contributed by atoms with Crippen molar-refractivity contribution in [2.45, 2.75) is 20.8 Å². The highest BCUT2D eigenvalue weighted by molar-refractivity contribution is 6.45. The molecule has 1 amide bonds. The summed E-state index contributed by atoms with van der Waals surface area (Å²) < 4.78 is 0. The molecule has 0 saturated heterocycles. The molecule has 0 heterocycles. The minimum atomic E-state index is -0.426. The van der Waals surface area contributed by atoms with Crippen molar-refractivity contribution >= 4 is 28.8 Å². The fraction of sp³-hybridized carbons (Fsp3) is 0.231. The normalized spacial score (nSPS) is 10.6. The summed E-state index contributed by atoms with van der Waals surface area (Å²) in [5.74, 6) is -0.637. The minimum Gasteiger partial charge on any atom is -0.382 e. The molecule has 7 nitrogen and oxygen atoms in total. The summed E-state index contributed by atoms with van der Waals surface area (Å²) in [6, 6.07) is 5.40. The van der Waals surface area contributed by atoms with Gasteiger partial charge in [0, 0.05) is 6.92 Å². The van der Waals surface area contributed by atoms with Crippen LogP contribution in [0.5, 0.6) is 0 Å². The molecule has 0 atom stereocenters. The number of nitriles is 1. The molecule has 104 valence electrons. The first kappa shape index (κ1) is 15.2. The fourth-order valence-corrected chi connectivity index (χ4v) is 1.66. The van der Waals surface area contributed by atoms with Crippen molar-refractivity contribution in [1.29, 1.82) is 10.7 Å². The largest absolute Gasteiger partial charge is 0.382 e. The van der Waals surface area contributed by atoms with Gasteiger partial charge in [0.25, 0.3) is 0 Å². The van der Waals surface area contributed by atoms with Crippen molar-refractivity contribution in [3.8, 4) is 6.07 Å². The van der Waals surface area contributed by atoms with Gasteiger partial charge in [0.1, 0.15) is 6.07 Å². The van der Waals surface area contributed by atoms with Gasteiger partial charge in [-0.3, -0.25) is 15.6 Å². The first-order valence-corrected chi connectivity index (χ1v) is 5.82. The summed E-state index contributed by atoms with van der Waals surface area (Å²) in [7, 11) is 0. The lowest BCUT2D eigenvalue weighted by Crippen LogP contribution is -2.22. The number of hydrogen-bond acceptors (Lipinski definition) is 5. The highest BCUT2D eigenvalue weighted by atomic mass is 16.1. The lowest BCUT2D eigenvalue weighted by Gasteiger charge is -2.13. The number of carbonyl (C=O) groups is 1. The summed E-state index contributed by atoms with van der Waals surface area (Å²) in [6.07, 6.45) is 0. The first-order chi connectivity index (χ1) is 9.35. The molecule has 0 aliphatic carbocycles. The van der Waals surface area contributed by atoms with E-state index in [0.29, 0.717) is 11.4 Å². The number of carbonyl (C=O) groups excluding carboxylic acids is 1. The van der Waals surface area contributed by atoms with E-state index in [4.69, 9.17) is 16.4 Å². The molecule has 1 aromatic carbocycles. The quantitative estimate of drug-likeness (QED) is 0.376. The fourth-order valence-electron chi connectivity index (χ4n) is 1.66. The number of hydrazone groups is 1. The summed E-state index contributed by atoms with van der Waals surface area (Å²) >= 11 is 0. The van der Waals surface area contributed by atoms with Gasteiger partial charge in [-0.1, -0.05) is 6.07 Å². The van der Waals surface area contributed by atoms with Crippen molar-refractivity contribution < 1.29 is 4.79 Å². The Morgan fingerprint density at radius 3 is 2.60 bits per heavy atom. The topological polar surface area (TPSA) is 127 Å². The zero-order valence-electron chi connectivity index (χ0n) is 11.5. The van der Waals surface area contributed by atoms with Gasteiger partial charge in [0.05, 0.1) is 11.4 Å². The van der Waals surface area contributed by atoms with Gasteiger partial charge in [-0.05, 0) is 31.0 Å². The van der Waals surface area contributed by atoms with Crippen LogP contribution in [0.15, 0.2) is 17.2 Å². The van der Waals surface area contributed by atoms with Crippen LogP contribution in [0.3, 0.4) is 0 Å². The third kappa shape index (κ3) is 3.81. The molecule has 20 heavy (non-hydrogen) atoms. The molecule has 0 saturated carbocycles. The van der Waals surface area contributed by atoms with E-state index in [1.165, 1.54) is 6.92 Å². The first-order valence-electron chi connectivity index (χ1n) is 5.82. The van der Waals surface area contributed by atoms with Crippen LogP contribution in [0.25, 0.3) is 0 Å². The standard InChI is InChI=1S/C13H16N6O/c1-7-4-8(2)12(17-9(3)20)10(5-7)18-19-11(6-14)13(15)16/h4-5,18H,1-3H3,(H3,15,16)(H,17,20)/b19-11+. The molecule has 0 unspecified atom stereocenters. The number of nitrogens with one attached hydrogen (secondary N) is 3. The molecule has 0 radical (unpaired) electrons. The maximum absolute atomic E-state index is 11.2. The number of rotatable bonds is 4. The van der Waals surface area contributed by atoms with Crippen LogP contribution in [0.1, 0.15) is 18.1 Å². The van der Waals surface area contributed by atoms with E-state index in [1.807, 2.05) is 19.9 Å². The zero-order chi connectivity index (χ0) is 15.3. The highest BCUT2D eigenvalue weighted by Gasteiger charge is 2.09. The van der Waals surface area contributed by atoms with Gasteiger partial charge < -0.3 is 11.1 Å². The van der Waals surface area contributed by atoms with Gasteiger partial charge in [-0.15, -0.1) is 0 Å². The van der Waals surface area contributed by atoms with Crippen molar-refractivity contribution in [3.05, 3.63) is 23.3 Å². The molecule has 0 fully saturated rings. The maximum atomic E-state index is 11.2. The number of hydrogen-bond donors (Lipinski definition) is 4. The Morgan fingerprint density at radius 1 is 1.45 bits per heavy atom. The van der Waals surface area contributed by atoms with Crippen LogP contribution in [0.2, 0.25) is 0 Å². The second-order valence-corrected chi connectivity index (χ2v) is 4.28. The van der Waals surface area contributed by atoms with Crippen LogP contribution < -0.4 is 16.5 Å². The average molecular weight is 272 g/mol. The molecule has 0 bridgehead atoms. The molecule has 0 spiro atoms. The molecule has 0 aliphatic heterocycles. The van der Waals surface area contributed by atoms with E-state index >= 15 is 0 Å². The lowest BCUT2D eigenvalue weighted by molar-refractivity contribution is -0.114. The Morgan fingerprint density at radius 2 is 2.10 bits per heavy atom. The number of anilines is 2. The van der Waals surface area contributed by atoms with E-state index in [1.54, 1.807) is 12.1 Å². The van der Waals surface area contributed by atoms with E-state index in [9.17, 15) is 4.79 Å². The number of aryl methyl sites for hydroxylation is 2. The minimum absolute atomic E-state index is 0.212. The van der Waals surface area contributed by atoms with Crippen LogP contribution in [-0.2, 0) is 4.79 Å². The van der Waals surface area contributed by atoms with Crippen molar-refractivity contribution in [3.63, 3.8) is 0 Å². The molecular weight excluding hydrogens is 256 g/mol. The predicted octanol–water partition coefficient (Wildman–Crippen LogP) is 1.49. The monoisotopic (exact) mass is 272 g/mol. The average Bonchev–Trinajstić information content (AvgIpc) is 2.33.